The number of halogens is 1. The van der Waals surface area contributed by atoms with Crippen molar-refractivity contribution < 1.29 is 23.4 Å². The highest BCUT2D eigenvalue weighted by Gasteiger charge is 2.33. The second-order valence-corrected chi connectivity index (χ2v) is 12.0. The Kier molecular flexibility index (Phi) is 7.43. The topological polar surface area (TPSA) is 92.3 Å². The molecule has 0 bridgehead atoms. The van der Waals surface area contributed by atoms with Gasteiger partial charge in [0.25, 0.3) is 5.56 Å². The van der Waals surface area contributed by atoms with Gasteiger partial charge >= 0.3 is 5.97 Å². The molecule has 0 unspecified atom stereocenters. The molecular formula is C35H27ClN2O6S. The van der Waals surface area contributed by atoms with Gasteiger partial charge in [0.05, 0.1) is 48.2 Å². The fourth-order valence-electron chi connectivity index (χ4n) is 6.00. The highest BCUT2D eigenvalue weighted by atomic mass is 35.5. The van der Waals surface area contributed by atoms with Gasteiger partial charge < -0.3 is 18.6 Å². The molecule has 2 aliphatic rings. The fraction of sp³-hybridized carbons (Fsp3) is 0.171. The molecule has 45 heavy (non-hydrogen) atoms. The molecule has 1 atom stereocenters. The van der Waals surface area contributed by atoms with E-state index in [1.54, 1.807) is 55.2 Å². The van der Waals surface area contributed by atoms with Crippen LogP contribution in [-0.4, -0.2) is 31.9 Å². The van der Waals surface area contributed by atoms with Gasteiger partial charge in [-0.15, -0.1) is 0 Å². The predicted octanol–water partition coefficient (Wildman–Crippen LogP) is 6.04. The Labute approximate surface area is 267 Å². The molecule has 1 aliphatic heterocycles. The summed E-state index contributed by atoms with van der Waals surface area (Å²) < 4.78 is 24.3. The van der Waals surface area contributed by atoms with Crippen LogP contribution in [0.4, 0.5) is 0 Å². The molecular weight excluding hydrogens is 612 g/mol. The summed E-state index contributed by atoms with van der Waals surface area (Å²) in [5.74, 6) is 1.68. The van der Waals surface area contributed by atoms with E-state index in [1.807, 2.05) is 30.3 Å². The molecule has 1 aliphatic carbocycles. The molecule has 0 N–H and O–H groups in total. The van der Waals surface area contributed by atoms with Crippen molar-refractivity contribution >= 4 is 40.7 Å². The van der Waals surface area contributed by atoms with Gasteiger partial charge in [-0.1, -0.05) is 53.3 Å². The van der Waals surface area contributed by atoms with E-state index in [1.165, 1.54) is 24.0 Å². The standard InChI is InChI=1S/C35H27ClN2O6S/c1-41-28-14-10-21(17-29(28)42-2)32-24-12-8-19-6-4-5-7-23(19)31(24)37-35-38(32)33(39)30(45-35)18-22-11-15-27(44-22)20-9-13-26(36)25(16-20)34(40)43-3/h4-7,9-11,13-18,32H,8,12H2,1-3H3/b30-18+/t32-/m0/s1. The number of thiazole rings is 1. The van der Waals surface area contributed by atoms with Crippen LogP contribution in [0, 0.1) is 0 Å². The molecule has 7 rings (SSSR count). The third kappa shape index (κ3) is 4.98. The minimum absolute atomic E-state index is 0.165. The van der Waals surface area contributed by atoms with Crippen molar-refractivity contribution in [3.05, 3.63) is 131 Å². The van der Waals surface area contributed by atoms with Gasteiger partial charge in [-0.2, -0.15) is 0 Å². The average molecular weight is 639 g/mol. The minimum atomic E-state index is -0.538. The third-order valence-electron chi connectivity index (χ3n) is 8.15. The Morgan fingerprint density at radius 3 is 2.62 bits per heavy atom. The molecule has 0 fully saturated rings. The number of hydrogen-bond acceptors (Lipinski definition) is 8. The molecule has 0 saturated heterocycles. The van der Waals surface area contributed by atoms with Crippen molar-refractivity contribution in [2.75, 3.05) is 21.3 Å². The second-order valence-electron chi connectivity index (χ2n) is 10.6. The van der Waals surface area contributed by atoms with Gasteiger partial charge in [0.15, 0.2) is 16.3 Å². The summed E-state index contributed by atoms with van der Waals surface area (Å²) in [4.78, 5) is 32.0. The van der Waals surface area contributed by atoms with Crippen LogP contribution in [0.3, 0.4) is 0 Å². The number of aromatic nitrogens is 1. The lowest BCUT2D eigenvalue weighted by Gasteiger charge is -2.31. The highest BCUT2D eigenvalue weighted by Crippen LogP contribution is 2.42. The minimum Gasteiger partial charge on any atom is -0.493 e. The number of nitrogens with zero attached hydrogens (tertiary/aromatic N) is 2. The normalized spacial score (nSPS) is 15.6. The SMILES string of the molecule is COC(=O)c1cc(-c2ccc(/C=c3/sc4n(c3=O)[C@@H](c3ccc(OC)c(OC)c3)C3=C(N=4)c4ccccc4CC3)o2)ccc1Cl. The van der Waals surface area contributed by atoms with Crippen molar-refractivity contribution in [1.29, 1.82) is 0 Å². The summed E-state index contributed by atoms with van der Waals surface area (Å²) in [6.45, 7) is 0. The lowest BCUT2D eigenvalue weighted by Crippen LogP contribution is -2.38. The van der Waals surface area contributed by atoms with Crippen LogP contribution in [0.25, 0.3) is 23.1 Å². The summed E-state index contributed by atoms with van der Waals surface area (Å²) in [6, 6.07) is 22.3. The first-order valence-electron chi connectivity index (χ1n) is 14.2. The quantitative estimate of drug-likeness (QED) is 0.211. The molecule has 3 aromatic carbocycles. The van der Waals surface area contributed by atoms with Crippen LogP contribution >= 0.6 is 22.9 Å². The van der Waals surface area contributed by atoms with Gasteiger partial charge in [-0.3, -0.25) is 9.36 Å². The van der Waals surface area contributed by atoms with Crippen LogP contribution in [0.5, 0.6) is 11.5 Å². The van der Waals surface area contributed by atoms with Gasteiger partial charge in [0.1, 0.15) is 11.5 Å². The molecule has 0 spiro atoms. The van der Waals surface area contributed by atoms with E-state index in [0.29, 0.717) is 37.9 Å². The van der Waals surface area contributed by atoms with E-state index in [0.717, 1.165) is 35.2 Å². The number of fused-ring (bicyclic) bond motifs is 3. The van der Waals surface area contributed by atoms with Crippen LogP contribution in [0.15, 0.2) is 92.6 Å². The van der Waals surface area contributed by atoms with Crippen LogP contribution < -0.4 is 24.4 Å². The number of hydrogen-bond donors (Lipinski definition) is 0. The number of esters is 1. The Morgan fingerprint density at radius 1 is 1.00 bits per heavy atom. The molecule has 3 heterocycles. The summed E-state index contributed by atoms with van der Waals surface area (Å²) >= 11 is 7.52. The lowest BCUT2D eigenvalue weighted by atomic mass is 9.83. The third-order valence-corrected chi connectivity index (χ3v) is 9.47. The maximum atomic E-state index is 14.2. The molecule has 226 valence electrons. The van der Waals surface area contributed by atoms with Gasteiger partial charge in [0.2, 0.25) is 0 Å². The number of carbonyl (C=O) groups is 1. The number of rotatable bonds is 6. The number of ether oxygens (including phenoxy) is 3. The largest absolute Gasteiger partial charge is 0.493 e. The Hall–Kier alpha value is -4.86. The Balaban J connectivity index is 1.37. The Morgan fingerprint density at radius 2 is 1.82 bits per heavy atom. The number of methoxy groups -OCH3 is 3. The highest BCUT2D eigenvalue weighted by molar-refractivity contribution is 7.07. The number of allylic oxidation sites excluding steroid dienone is 1. The monoisotopic (exact) mass is 638 g/mol. The zero-order valence-electron chi connectivity index (χ0n) is 24.6. The zero-order valence-corrected chi connectivity index (χ0v) is 26.2. The van der Waals surface area contributed by atoms with E-state index in [9.17, 15) is 9.59 Å². The zero-order chi connectivity index (χ0) is 31.2. The van der Waals surface area contributed by atoms with E-state index < -0.39 is 5.97 Å². The van der Waals surface area contributed by atoms with E-state index in [-0.39, 0.29) is 22.2 Å². The number of carbonyl (C=O) groups excluding carboxylic acids is 1. The predicted molar refractivity (Wildman–Crippen MR) is 173 cm³/mol. The summed E-state index contributed by atoms with van der Waals surface area (Å²) in [7, 11) is 4.51. The van der Waals surface area contributed by atoms with Crippen molar-refractivity contribution in [2.45, 2.75) is 18.9 Å². The Bertz CT molecular complexity index is 2210. The number of furan rings is 1. The van der Waals surface area contributed by atoms with E-state index in [4.69, 9.17) is 35.2 Å². The van der Waals surface area contributed by atoms with Crippen molar-refractivity contribution in [2.24, 2.45) is 4.99 Å². The number of benzene rings is 3. The lowest BCUT2D eigenvalue weighted by molar-refractivity contribution is 0.0601. The molecule has 0 saturated carbocycles. The molecule has 8 nitrogen and oxygen atoms in total. The van der Waals surface area contributed by atoms with Gasteiger partial charge in [0, 0.05) is 17.2 Å². The summed E-state index contributed by atoms with van der Waals surface area (Å²) in [5, 5.41) is 0.285. The number of aryl methyl sites for hydroxylation is 1. The van der Waals surface area contributed by atoms with Crippen LogP contribution in [0.1, 0.15) is 45.3 Å². The molecule has 2 aromatic heterocycles. The summed E-state index contributed by atoms with van der Waals surface area (Å²) in [5.41, 5.74) is 5.97. The molecule has 10 heteroatoms. The second kappa shape index (κ2) is 11.6. The maximum absolute atomic E-state index is 14.2. The first-order valence-corrected chi connectivity index (χ1v) is 15.4. The average Bonchev–Trinajstić information content (AvgIpc) is 3.67. The van der Waals surface area contributed by atoms with Crippen molar-refractivity contribution in [3.63, 3.8) is 0 Å². The molecule has 5 aromatic rings. The van der Waals surface area contributed by atoms with Crippen molar-refractivity contribution in [3.8, 4) is 22.8 Å². The van der Waals surface area contributed by atoms with E-state index in [2.05, 4.69) is 12.1 Å². The molecule has 0 amide bonds. The van der Waals surface area contributed by atoms with Crippen LogP contribution in [-0.2, 0) is 11.2 Å². The summed E-state index contributed by atoms with van der Waals surface area (Å²) in [6.07, 6.45) is 3.36. The fourth-order valence-corrected chi connectivity index (χ4v) is 7.18. The van der Waals surface area contributed by atoms with Gasteiger partial charge in [-0.25, -0.2) is 9.79 Å². The molecule has 0 radical (unpaired) electrons. The van der Waals surface area contributed by atoms with Gasteiger partial charge in [-0.05, 0) is 72.0 Å². The maximum Gasteiger partial charge on any atom is 0.339 e. The van der Waals surface area contributed by atoms with Crippen LogP contribution in [0.2, 0.25) is 5.02 Å². The first kappa shape index (κ1) is 28.9. The first-order chi connectivity index (χ1) is 21.9. The smallest absolute Gasteiger partial charge is 0.339 e. The van der Waals surface area contributed by atoms with E-state index >= 15 is 0 Å². The van der Waals surface area contributed by atoms with Crippen molar-refractivity contribution in [1.82, 2.24) is 4.57 Å².